The SMILES string of the molecule is CN(CC(=O)N(Cc1cccs1)c1ccc2c(c1)OCCO2)[C@@H]1CCS(=O)(=O)C1. The van der Waals surface area contributed by atoms with Gasteiger partial charge in [0.15, 0.2) is 21.3 Å². The highest BCUT2D eigenvalue weighted by Crippen LogP contribution is 2.35. The Morgan fingerprint density at radius 2 is 2.00 bits per heavy atom. The fraction of sp³-hybridized carbons (Fsp3) is 0.450. The van der Waals surface area contributed by atoms with Crippen LogP contribution in [0, 0.1) is 0 Å². The van der Waals surface area contributed by atoms with Crippen LogP contribution in [0.1, 0.15) is 11.3 Å². The number of likely N-dealkylation sites (N-methyl/N-ethyl adjacent to an activating group) is 1. The van der Waals surface area contributed by atoms with Crippen molar-refractivity contribution in [2.24, 2.45) is 0 Å². The maximum atomic E-state index is 13.2. The van der Waals surface area contributed by atoms with Crippen molar-refractivity contribution in [3.63, 3.8) is 0 Å². The van der Waals surface area contributed by atoms with Gasteiger partial charge >= 0.3 is 0 Å². The van der Waals surface area contributed by atoms with Gasteiger partial charge < -0.3 is 14.4 Å². The minimum Gasteiger partial charge on any atom is -0.486 e. The van der Waals surface area contributed by atoms with E-state index < -0.39 is 9.84 Å². The smallest absolute Gasteiger partial charge is 0.241 e. The van der Waals surface area contributed by atoms with Crippen LogP contribution in [0.5, 0.6) is 11.5 Å². The zero-order valence-electron chi connectivity index (χ0n) is 16.2. The predicted octanol–water partition coefficient (Wildman–Crippen LogP) is 2.17. The number of benzene rings is 1. The molecule has 29 heavy (non-hydrogen) atoms. The highest BCUT2D eigenvalue weighted by molar-refractivity contribution is 7.91. The van der Waals surface area contributed by atoms with Crippen molar-refractivity contribution in [3.8, 4) is 11.5 Å². The molecular formula is C20H24N2O5S2. The number of fused-ring (bicyclic) bond motifs is 1. The number of carbonyl (C=O) groups is 1. The summed E-state index contributed by atoms with van der Waals surface area (Å²) in [5.41, 5.74) is 0.736. The van der Waals surface area contributed by atoms with Gasteiger partial charge in [-0.3, -0.25) is 9.69 Å². The molecule has 3 heterocycles. The molecule has 2 aliphatic rings. The van der Waals surface area contributed by atoms with Crippen molar-refractivity contribution >= 4 is 32.8 Å². The summed E-state index contributed by atoms with van der Waals surface area (Å²) in [5, 5.41) is 1.98. The van der Waals surface area contributed by atoms with Crippen LogP contribution in [0.4, 0.5) is 5.69 Å². The average molecular weight is 437 g/mol. The van der Waals surface area contributed by atoms with Crippen LogP contribution in [-0.4, -0.2) is 63.6 Å². The summed E-state index contributed by atoms with van der Waals surface area (Å²) in [7, 11) is -1.18. The largest absolute Gasteiger partial charge is 0.486 e. The van der Waals surface area contributed by atoms with E-state index in [1.165, 1.54) is 0 Å². The van der Waals surface area contributed by atoms with Crippen LogP contribution >= 0.6 is 11.3 Å². The van der Waals surface area contributed by atoms with E-state index in [4.69, 9.17) is 9.47 Å². The minimum absolute atomic E-state index is 0.0816. The van der Waals surface area contributed by atoms with Crippen LogP contribution in [0.2, 0.25) is 0 Å². The lowest BCUT2D eigenvalue weighted by Crippen LogP contribution is -2.43. The monoisotopic (exact) mass is 436 g/mol. The first kappa shape index (κ1) is 20.2. The summed E-state index contributed by atoms with van der Waals surface area (Å²) in [6.07, 6.45) is 0.570. The van der Waals surface area contributed by atoms with E-state index in [2.05, 4.69) is 0 Å². The van der Waals surface area contributed by atoms with Crippen LogP contribution in [0.25, 0.3) is 0 Å². The van der Waals surface area contributed by atoms with Crippen molar-refractivity contribution in [1.82, 2.24) is 4.90 Å². The maximum Gasteiger partial charge on any atom is 0.241 e. The molecule has 0 bridgehead atoms. The quantitative estimate of drug-likeness (QED) is 0.691. The van der Waals surface area contributed by atoms with E-state index in [1.807, 2.05) is 47.7 Å². The lowest BCUT2D eigenvalue weighted by molar-refractivity contribution is -0.120. The lowest BCUT2D eigenvalue weighted by atomic mass is 10.2. The van der Waals surface area contributed by atoms with Gasteiger partial charge in [-0.2, -0.15) is 0 Å². The maximum absolute atomic E-state index is 13.2. The van der Waals surface area contributed by atoms with Gasteiger partial charge in [0.1, 0.15) is 13.2 Å². The molecule has 0 radical (unpaired) electrons. The third-order valence-corrected chi connectivity index (χ3v) is 7.86. The number of carbonyl (C=O) groups excluding carboxylic acids is 1. The van der Waals surface area contributed by atoms with Crippen LogP contribution < -0.4 is 14.4 Å². The molecule has 0 N–H and O–H groups in total. The number of anilines is 1. The Bertz CT molecular complexity index is 975. The van der Waals surface area contributed by atoms with Crippen molar-refractivity contribution in [1.29, 1.82) is 0 Å². The molecule has 2 aliphatic heterocycles. The molecule has 2 aromatic rings. The topological polar surface area (TPSA) is 76.2 Å². The first-order chi connectivity index (χ1) is 13.9. The predicted molar refractivity (Wildman–Crippen MR) is 113 cm³/mol. The molecule has 1 fully saturated rings. The molecule has 4 rings (SSSR count). The summed E-state index contributed by atoms with van der Waals surface area (Å²) in [5.74, 6) is 1.54. The third kappa shape index (κ3) is 4.73. The Kier molecular flexibility index (Phi) is 5.80. The van der Waals surface area contributed by atoms with Gasteiger partial charge in [0.25, 0.3) is 0 Å². The number of hydrogen-bond acceptors (Lipinski definition) is 7. The molecule has 156 valence electrons. The van der Waals surface area contributed by atoms with E-state index in [-0.39, 0.29) is 30.0 Å². The molecular weight excluding hydrogens is 412 g/mol. The second-order valence-electron chi connectivity index (χ2n) is 7.36. The van der Waals surface area contributed by atoms with Crippen molar-refractivity contribution in [2.75, 3.05) is 43.2 Å². The molecule has 1 amide bonds. The van der Waals surface area contributed by atoms with Gasteiger partial charge in [-0.1, -0.05) is 6.07 Å². The third-order valence-electron chi connectivity index (χ3n) is 5.25. The number of thiophene rings is 1. The summed E-state index contributed by atoms with van der Waals surface area (Å²) in [6.45, 7) is 1.60. The van der Waals surface area contributed by atoms with E-state index in [0.717, 1.165) is 10.6 Å². The van der Waals surface area contributed by atoms with Crippen molar-refractivity contribution in [3.05, 3.63) is 40.6 Å². The second-order valence-corrected chi connectivity index (χ2v) is 10.6. The molecule has 9 heteroatoms. The Morgan fingerprint density at radius 3 is 2.69 bits per heavy atom. The van der Waals surface area contributed by atoms with E-state index >= 15 is 0 Å². The summed E-state index contributed by atoms with van der Waals surface area (Å²) >= 11 is 1.59. The van der Waals surface area contributed by atoms with E-state index in [9.17, 15) is 13.2 Å². The second kappa shape index (κ2) is 8.33. The Labute approximate surface area is 174 Å². The summed E-state index contributed by atoms with van der Waals surface area (Å²) in [4.78, 5) is 17.9. The first-order valence-electron chi connectivity index (χ1n) is 9.54. The minimum atomic E-state index is -3.00. The average Bonchev–Trinajstić information content (AvgIpc) is 3.34. The van der Waals surface area contributed by atoms with Crippen molar-refractivity contribution in [2.45, 2.75) is 19.0 Å². The Morgan fingerprint density at radius 1 is 1.21 bits per heavy atom. The van der Waals surface area contributed by atoms with Crippen LogP contribution in [-0.2, 0) is 21.2 Å². The van der Waals surface area contributed by atoms with Crippen molar-refractivity contribution < 1.29 is 22.7 Å². The highest BCUT2D eigenvalue weighted by atomic mass is 32.2. The summed E-state index contributed by atoms with van der Waals surface area (Å²) < 4.78 is 34.8. The molecule has 1 atom stereocenters. The van der Waals surface area contributed by atoms with Gasteiger partial charge in [-0.15, -0.1) is 11.3 Å². The molecule has 7 nitrogen and oxygen atoms in total. The lowest BCUT2D eigenvalue weighted by Gasteiger charge is -2.29. The standard InChI is InChI=1S/C20H24N2O5S2/c1-21(16-6-10-29(24,25)14-16)13-20(23)22(12-17-3-2-9-28-17)15-4-5-18-19(11-15)27-8-7-26-18/h2-5,9,11,16H,6-8,10,12-14H2,1H3/t16-/m1/s1. The molecule has 1 aromatic heterocycles. The highest BCUT2D eigenvalue weighted by Gasteiger charge is 2.32. The molecule has 0 unspecified atom stereocenters. The number of hydrogen-bond donors (Lipinski definition) is 0. The normalized spacial score (nSPS) is 20.0. The van der Waals surface area contributed by atoms with Crippen LogP contribution in [0.3, 0.4) is 0 Å². The fourth-order valence-electron chi connectivity index (χ4n) is 3.63. The van der Waals surface area contributed by atoms with Crippen LogP contribution in [0.15, 0.2) is 35.7 Å². The van der Waals surface area contributed by atoms with E-state index in [1.54, 1.807) is 16.2 Å². The van der Waals surface area contributed by atoms with E-state index in [0.29, 0.717) is 37.7 Å². The zero-order chi connectivity index (χ0) is 20.4. The van der Waals surface area contributed by atoms with Gasteiger partial charge in [-0.05, 0) is 37.0 Å². The number of amides is 1. The Hall–Kier alpha value is -2.10. The molecule has 0 saturated carbocycles. The number of sulfone groups is 1. The molecule has 1 saturated heterocycles. The zero-order valence-corrected chi connectivity index (χ0v) is 17.9. The first-order valence-corrected chi connectivity index (χ1v) is 12.2. The van der Waals surface area contributed by atoms with Gasteiger partial charge in [-0.25, -0.2) is 8.42 Å². The van der Waals surface area contributed by atoms with Gasteiger partial charge in [0.05, 0.1) is 24.6 Å². The number of rotatable bonds is 6. The Balaban J connectivity index is 1.54. The fourth-order valence-corrected chi connectivity index (χ4v) is 6.13. The number of nitrogens with zero attached hydrogens (tertiary/aromatic N) is 2. The molecule has 0 aliphatic carbocycles. The number of ether oxygens (including phenoxy) is 2. The molecule has 1 aromatic carbocycles. The summed E-state index contributed by atoms with van der Waals surface area (Å²) in [6, 6.07) is 9.36. The molecule has 0 spiro atoms. The van der Waals surface area contributed by atoms with Gasteiger partial charge in [0, 0.05) is 22.7 Å². The van der Waals surface area contributed by atoms with Gasteiger partial charge in [0.2, 0.25) is 5.91 Å².